The summed E-state index contributed by atoms with van der Waals surface area (Å²) in [6.45, 7) is 1.59. The molecule has 0 fully saturated rings. The minimum atomic E-state index is -0.167. The van der Waals surface area contributed by atoms with Crippen molar-refractivity contribution in [1.82, 2.24) is 0 Å². The Bertz CT molecular complexity index is 689. The maximum absolute atomic E-state index is 11.9. The van der Waals surface area contributed by atoms with Crippen molar-refractivity contribution in [1.29, 1.82) is 0 Å². The number of rotatable bonds is 5. The van der Waals surface area contributed by atoms with E-state index < -0.39 is 0 Å². The fraction of sp³-hybridized carbons (Fsp3) is 0.125. The second kappa shape index (κ2) is 7.61. The lowest BCUT2D eigenvalue weighted by Gasteiger charge is -2.09. The summed E-state index contributed by atoms with van der Waals surface area (Å²) >= 11 is 3.38. The predicted molar refractivity (Wildman–Crippen MR) is 92.0 cm³/mol. The molecule has 0 saturated carbocycles. The van der Waals surface area contributed by atoms with Crippen LogP contribution in [0.3, 0.4) is 0 Å². The summed E-state index contributed by atoms with van der Waals surface area (Å²) in [7, 11) is 0. The highest BCUT2D eigenvalue weighted by Gasteiger charge is 2.04. The molecule has 0 atom stereocenters. The van der Waals surface area contributed by atoms with Gasteiger partial charge in [0.25, 0.3) is 0 Å². The maximum atomic E-state index is 11.9. The average Bonchev–Trinajstić information content (AvgIpc) is 2.45. The molecule has 22 heavy (non-hydrogen) atoms. The Labute approximate surface area is 137 Å². The van der Waals surface area contributed by atoms with Crippen LogP contribution < -0.4 is 16.0 Å². The molecule has 5 nitrogen and oxygen atoms in total. The molecule has 0 unspecified atom stereocenters. The monoisotopic (exact) mass is 361 g/mol. The Balaban J connectivity index is 1.90. The van der Waals surface area contributed by atoms with Gasteiger partial charge in [0.15, 0.2) is 0 Å². The average molecular weight is 362 g/mol. The molecule has 2 aromatic rings. The van der Waals surface area contributed by atoms with Gasteiger partial charge >= 0.3 is 0 Å². The van der Waals surface area contributed by atoms with E-state index in [1.165, 1.54) is 6.92 Å². The van der Waals surface area contributed by atoms with Crippen LogP contribution in [-0.2, 0) is 9.59 Å². The third-order valence-electron chi connectivity index (χ3n) is 2.74. The zero-order valence-electron chi connectivity index (χ0n) is 12.0. The number of amides is 2. The summed E-state index contributed by atoms with van der Waals surface area (Å²) in [5.41, 5.74) is 2.13. The van der Waals surface area contributed by atoms with Crippen LogP contribution in [0.2, 0.25) is 0 Å². The minimum Gasteiger partial charge on any atom is -0.376 e. The van der Waals surface area contributed by atoms with Gasteiger partial charge in [0.2, 0.25) is 11.8 Å². The van der Waals surface area contributed by atoms with Crippen LogP contribution in [0, 0.1) is 0 Å². The van der Waals surface area contributed by atoms with Crippen molar-refractivity contribution in [3.63, 3.8) is 0 Å². The van der Waals surface area contributed by atoms with Gasteiger partial charge in [-0.2, -0.15) is 0 Å². The first kappa shape index (κ1) is 16.0. The van der Waals surface area contributed by atoms with Gasteiger partial charge in [-0.1, -0.05) is 28.1 Å². The van der Waals surface area contributed by atoms with Crippen molar-refractivity contribution in [2.75, 3.05) is 22.5 Å². The zero-order valence-corrected chi connectivity index (χ0v) is 13.6. The molecule has 2 amide bonds. The molecule has 0 aliphatic rings. The largest absolute Gasteiger partial charge is 0.376 e. The molecule has 2 rings (SSSR count). The van der Waals surface area contributed by atoms with Crippen molar-refractivity contribution in [3.05, 3.63) is 53.0 Å². The Kier molecular flexibility index (Phi) is 5.55. The molecule has 3 N–H and O–H groups in total. The van der Waals surface area contributed by atoms with E-state index in [2.05, 4.69) is 31.9 Å². The van der Waals surface area contributed by atoms with Gasteiger partial charge in [0.05, 0.1) is 6.54 Å². The Morgan fingerprint density at radius 3 is 2.27 bits per heavy atom. The third kappa shape index (κ3) is 5.21. The van der Waals surface area contributed by atoms with Crippen LogP contribution >= 0.6 is 15.9 Å². The lowest BCUT2D eigenvalue weighted by molar-refractivity contribution is -0.115. The molecular formula is C16H16BrN3O2. The molecule has 6 heteroatoms. The van der Waals surface area contributed by atoms with Gasteiger partial charge in [0, 0.05) is 28.5 Å². The summed E-state index contributed by atoms with van der Waals surface area (Å²) < 4.78 is 0.945. The molecule has 0 aliphatic heterocycles. The van der Waals surface area contributed by atoms with E-state index >= 15 is 0 Å². The highest BCUT2D eigenvalue weighted by atomic mass is 79.9. The highest BCUT2D eigenvalue weighted by molar-refractivity contribution is 9.10. The number of carbonyl (C=O) groups excluding carboxylic acids is 2. The van der Waals surface area contributed by atoms with Gasteiger partial charge in [-0.25, -0.2) is 0 Å². The lowest BCUT2D eigenvalue weighted by atomic mass is 10.2. The van der Waals surface area contributed by atoms with Gasteiger partial charge in [-0.05, 0) is 36.4 Å². The van der Waals surface area contributed by atoms with Crippen LogP contribution in [0.4, 0.5) is 17.1 Å². The topological polar surface area (TPSA) is 70.2 Å². The molecule has 2 aromatic carbocycles. The molecule has 0 aromatic heterocycles. The smallest absolute Gasteiger partial charge is 0.243 e. The zero-order chi connectivity index (χ0) is 15.9. The number of halogens is 1. The molecule has 0 radical (unpaired) electrons. The summed E-state index contributed by atoms with van der Waals surface area (Å²) in [4.78, 5) is 23.0. The van der Waals surface area contributed by atoms with Crippen molar-refractivity contribution < 1.29 is 9.59 Å². The lowest BCUT2D eigenvalue weighted by Crippen LogP contribution is -2.21. The first-order valence-corrected chi connectivity index (χ1v) is 7.49. The Hall–Kier alpha value is -2.34. The van der Waals surface area contributed by atoms with Crippen LogP contribution in [0.5, 0.6) is 0 Å². The van der Waals surface area contributed by atoms with E-state index in [9.17, 15) is 9.59 Å². The molecule has 114 valence electrons. The van der Waals surface area contributed by atoms with E-state index in [1.807, 2.05) is 24.3 Å². The van der Waals surface area contributed by atoms with E-state index in [1.54, 1.807) is 24.3 Å². The number of hydrogen-bond acceptors (Lipinski definition) is 3. The van der Waals surface area contributed by atoms with Crippen molar-refractivity contribution in [2.45, 2.75) is 6.92 Å². The van der Waals surface area contributed by atoms with Crippen LogP contribution in [0.15, 0.2) is 53.0 Å². The first-order chi connectivity index (χ1) is 10.5. The Morgan fingerprint density at radius 2 is 1.59 bits per heavy atom. The molecular weight excluding hydrogens is 346 g/mol. The van der Waals surface area contributed by atoms with E-state index in [-0.39, 0.29) is 18.4 Å². The number of hydrogen-bond donors (Lipinski definition) is 3. The summed E-state index contributed by atoms with van der Waals surface area (Å²) in [6.07, 6.45) is 0. The van der Waals surface area contributed by atoms with Gasteiger partial charge in [-0.3, -0.25) is 9.59 Å². The standard InChI is InChI=1S/C16H16BrN3O2/c1-11(21)19-14-6-3-7-15(9-14)20-16(22)10-18-13-5-2-4-12(17)8-13/h2-9,18H,10H2,1H3,(H,19,21)(H,20,22). The van der Waals surface area contributed by atoms with Crippen molar-refractivity contribution in [3.8, 4) is 0 Å². The second-order valence-corrected chi connectivity index (χ2v) is 5.59. The third-order valence-corrected chi connectivity index (χ3v) is 3.24. The van der Waals surface area contributed by atoms with Crippen LogP contribution in [0.25, 0.3) is 0 Å². The van der Waals surface area contributed by atoms with E-state index in [0.29, 0.717) is 11.4 Å². The fourth-order valence-electron chi connectivity index (χ4n) is 1.86. The quantitative estimate of drug-likeness (QED) is 0.763. The molecule has 0 bridgehead atoms. The molecule has 0 aliphatic carbocycles. The molecule has 0 heterocycles. The molecule has 0 spiro atoms. The maximum Gasteiger partial charge on any atom is 0.243 e. The van der Waals surface area contributed by atoms with Crippen LogP contribution in [0.1, 0.15) is 6.92 Å². The van der Waals surface area contributed by atoms with Crippen LogP contribution in [-0.4, -0.2) is 18.4 Å². The van der Waals surface area contributed by atoms with Gasteiger partial charge in [0.1, 0.15) is 0 Å². The number of nitrogens with one attached hydrogen (secondary N) is 3. The summed E-state index contributed by atoms with van der Waals surface area (Å²) in [5.74, 6) is -0.320. The molecule has 0 saturated heterocycles. The minimum absolute atomic E-state index is 0.153. The normalized spacial score (nSPS) is 9.91. The Morgan fingerprint density at radius 1 is 0.955 bits per heavy atom. The first-order valence-electron chi connectivity index (χ1n) is 6.70. The second-order valence-electron chi connectivity index (χ2n) is 4.67. The fourth-order valence-corrected chi connectivity index (χ4v) is 2.26. The van der Waals surface area contributed by atoms with E-state index in [4.69, 9.17) is 0 Å². The number of carbonyl (C=O) groups is 2. The van der Waals surface area contributed by atoms with Gasteiger partial charge < -0.3 is 16.0 Å². The van der Waals surface area contributed by atoms with E-state index in [0.717, 1.165) is 10.2 Å². The number of anilines is 3. The summed E-state index contributed by atoms with van der Waals surface area (Å²) in [5, 5.41) is 8.49. The number of benzene rings is 2. The summed E-state index contributed by atoms with van der Waals surface area (Å²) in [6, 6.07) is 14.6. The SMILES string of the molecule is CC(=O)Nc1cccc(NC(=O)CNc2cccc(Br)c2)c1. The van der Waals surface area contributed by atoms with Crippen molar-refractivity contribution in [2.24, 2.45) is 0 Å². The van der Waals surface area contributed by atoms with Gasteiger partial charge in [-0.15, -0.1) is 0 Å². The van der Waals surface area contributed by atoms with Crippen molar-refractivity contribution >= 4 is 44.8 Å². The highest BCUT2D eigenvalue weighted by Crippen LogP contribution is 2.16. The predicted octanol–water partition coefficient (Wildman–Crippen LogP) is 3.46.